The quantitative estimate of drug-likeness (QED) is 0.795. The number of phenolic OH excluding ortho intramolecular Hbond substituents is 1. The number of aliphatic hydroxyl groups excluding tert-OH is 1. The summed E-state index contributed by atoms with van der Waals surface area (Å²) in [6.45, 7) is 6.66. The predicted molar refractivity (Wildman–Crippen MR) is 70.1 cm³/mol. The molecule has 0 saturated carbocycles. The predicted octanol–water partition coefficient (Wildman–Crippen LogP) is 2.92. The van der Waals surface area contributed by atoms with Crippen molar-refractivity contribution in [2.45, 2.75) is 31.9 Å². The Kier molecular flexibility index (Phi) is 4.69. The SMILES string of the molecule is CC(C)(C)c1ccc(O)c(CSCCO)c1. The highest BCUT2D eigenvalue weighted by molar-refractivity contribution is 7.98. The fraction of sp³-hybridized carbons (Fsp3) is 0.538. The maximum Gasteiger partial charge on any atom is 0.119 e. The summed E-state index contributed by atoms with van der Waals surface area (Å²) >= 11 is 1.63. The van der Waals surface area contributed by atoms with E-state index in [0.29, 0.717) is 11.5 Å². The molecule has 0 aliphatic heterocycles. The minimum atomic E-state index is 0.101. The molecule has 0 aromatic heterocycles. The van der Waals surface area contributed by atoms with Gasteiger partial charge in [0.15, 0.2) is 0 Å². The zero-order valence-electron chi connectivity index (χ0n) is 10.2. The minimum Gasteiger partial charge on any atom is -0.508 e. The second kappa shape index (κ2) is 5.60. The molecule has 0 aliphatic carbocycles. The van der Waals surface area contributed by atoms with Crippen LogP contribution in [-0.2, 0) is 11.2 Å². The van der Waals surface area contributed by atoms with Crippen molar-refractivity contribution in [2.24, 2.45) is 0 Å². The van der Waals surface area contributed by atoms with Gasteiger partial charge in [-0.3, -0.25) is 0 Å². The van der Waals surface area contributed by atoms with E-state index in [9.17, 15) is 5.11 Å². The van der Waals surface area contributed by atoms with Crippen molar-refractivity contribution >= 4 is 11.8 Å². The van der Waals surface area contributed by atoms with Crippen molar-refractivity contribution in [1.29, 1.82) is 0 Å². The molecule has 0 atom stereocenters. The number of hydrogen-bond acceptors (Lipinski definition) is 3. The Morgan fingerprint density at radius 3 is 2.50 bits per heavy atom. The van der Waals surface area contributed by atoms with E-state index in [-0.39, 0.29) is 12.0 Å². The maximum absolute atomic E-state index is 9.72. The van der Waals surface area contributed by atoms with Crippen molar-refractivity contribution in [3.63, 3.8) is 0 Å². The molecule has 2 N–H and O–H groups in total. The van der Waals surface area contributed by atoms with Crippen LogP contribution in [0.1, 0.15) is 31.9 Å². The highest BCUT2D eigenvalue weighted by atomic mass is 32.2. The molecule has 0 spiro atoms. The first-order chi connectivity index (χ1) is 7.45. The Balaban J connectivity index is 2.83. The summed E-state index contributed by atoms with van der Waals surface area (Å²) in [5.74, 6) is 1.80. The van der Waals surface area contributed by atoms with Crippen molar-refractivity contribution in [1.82, 2.24) is 0 Å². The fourth-order valence-electron chi connectivity index (χ4n) is 1.41. The highest BCUT2D eigenvalue weighted by Gasteiger charge is 2.15. The molecule has 0 fully saturated rings. The molecule has 16 heavy (non-hydrogen) atoms. The lowest BCUT2D eigenvalue weighted by Gasteiger charge is -2.20. The molecule has 0 unspecified atom stereocenters. The van der Waals surface area contributed by atoms with Gasteiger partial charge in [-0.25, -0.2) is 0 Å². The first-order valence-corrected chi connectivity index (χ1v) is 6.61. The van der Waals surface area contributed by atoms with Gasteiger partial charge >= 0.3 is 0 Å². The molecule has 0 heterocycles. The number of rotatable bonds is 4. The van der Waals surface area contributed by atoms with Crippen LogP contribution in [0.3, 0.4) is 0 Å². The molecule has 0 bridgehead atoms. The second-order valence-electron chi connectivity index (χ2n) is 4.87. The molecule has 0 radical (unpaired) electrons. The molecular formula is C13H20O2S. The Labute approximate surface area is 102 Å². The smallest absolute Gasteiger partial charge is 0.119 e. The molecule has 0 amide bonds. The van der Waals surface area contributed by atoms with E-state index < -0.39 is 0 Å². The highest BCUT2D eigenvalue weighted by Crippen LogP contribution is 2.29. The zero-order valence-corrected chi connectivity index (χ0v) is 11.0. The van der Waals surface area contributed by atoms with Gasteiger partial charge in [-0.2, -0.15) is 11.8 Å². The summed E-state index contributed by atoms with van der Waals surface area (Å²) < 4.78 is 0. The van der Waals surface area contributed by atoms with Gasteiger partial charge in [0.25, 0.3) is 0 Å². The second-order valence-corrected chi connectivity index (χ2v) is 5.97. The van der Waals surface area contributed by atoms with Crippen LogP contribution in [0.4, 0.5) is 0 Å². The van der Waals surface area contributed by atoms with Gasteiger partial charge in [-0.1, -0.05) is 32.9 Å². The Hall–Kier alpha value is -0.670. The number of aromatic hydroxyl groups is 1. The normalized spacial score (nSPS) is 11.8. The third-order valence-corrected chi connectivity index (χ3v) is 3.43. The largest absolute Gasteiger partial charge is 0.508 e. The van der Waals surface area contributed by atoms with E-state index in [4.69, 9.17) is 5.11 Å². The first-order valence-electron chi connectivity index (χ1n) is 5.46. The van der Waals surface area contributed by atoms with Crippen LogP contribution < -0.4 is 0 Å². The van der Waals surface area contributed by atoms with Crippen LogP contribution in [0, 0.1) is 0 Å². The number of hydrogen-bond donors (Lipinski definition) is 2. The topological polar surface area (TPSA) is 40.5 Å². The molecule has 90 valence electrons. The zero-order chi connectivity index (χ0) is 12.2. The van der Waals surface area contributed by atoms with Gasteiger partial charge < -0.3 is 10.2 Å². The summed E-state index contributed by atoms with van der Waals surface area (Å²) in [5.41, 5.74) is 2.28. The van der Waals surface area contributed by atoms with Crippen LogP contribution in [0.15, 0.2) is 18.2 Å². The van der Waals surface area contributed by atoms with Crippen LogP contribution in [0.2, 0.25) is 0 Å². The summed E-state index contributed by atoms with van der Waals surface area (Å²) in [4.78, 5) is 0. The third-order valence-electron chi connectivity index (χ3n) is 2.44. The molecule has 1 rings (SSSR count). The number of phenols is 1. The average Bonchev–Trinajstić information content (AvgIpc) is 2.19. The molecule has 0 saturated heterocycles. The van der Waals surface area contributed by atoms with Gasteiger partial charge in [0.1, 0.15) is 5.75 Å². The van der Waals surface area contributed by atoms with Gasteiger partial charge in [-0.15, -0.1) is 0 Å². The summed E-state index contributed by atoms with van der Waals surface area (Å²) in [5, 5.41) is 18.4. The van der Waals surface area contributed by atoms with Crippen LogP contribution in [-0.4, -0.2) is 22.6 Å². The van der Waals surface area contributed by atoms with Gasteiger partial charge in [-0.05, 0) is 17.0 Å². The van der Waals surface area contributed by atoms with Crippen molar-refractivity contribution < 1.29 is 10.2 Å². The Bertz CT molecular complexity index is 342. The maximum atomic E-state index is 9.72. The first kappa shape index (κ1) is 13.4. The molecule has 3 heteroatoms. The summed E-state index contributed by atoms with van der Waals surface area (Å²) in [6.07, 6.45) is 0. The van der Waals surface area contributed by atoms with E-state index in [0.717, 1.165) is 11.3 Å². The van der Waals surface area contributed by atoms with E-state index in [1.165, 1.54) is 5.56 Å². The van der Waals surface area contributed by atoms with E-state index >= 15 is 0 Å². The molecule has 1 aromatic carbocycles. The lowest BCUT2D eigenvalue weighted by Crippen LogP contribution is -2.11. The van der Waals surface area contributed by atoms with E-state index in [1.54, 1.807) is 17.8 Å². The Morgan fingerprint density at radius 1 is 1.25 bits per heavy atom. The fourth-order valence-corrected chi connectivity index (χ4v) is 2.14. The molecule has 2 nitrogen and oxygen atoms in total. The minimum absolute atomic E-state index is 0.101. The van der Waals surface area contributed by atoms with Gasteiger partial charge in [0.2, 0.25) is 0 Å². The number of aliphatic hydroxyl groups is 1. The van der Waals surface area contributed by atoms with Crippen LogP contribution in [0.25, 0.3) is 0 Å². The van der Waals surface area contributed by atoms with Crippen molar-refractivity contribution in [3.8, 4) is 5.75 Å². The van der Waals surface area contributed by atoms with E-state index in [2.05, 4.69) is 26.8 Å². The number of thioether (sulfide) groups is 1. The van der Waals surface area contributed by atoms with Crippen LogP contribution >= 0.6 is 11.8 Å². The average molecular weight is 240 g/mol. The molecular weight excluding hydrogens is 220 g/mol. The lowest BCUT2D eigenvalue weighted by atomic mass is 9.86. The summed E-state index contributed by atoms with van der Waals surface area (Å²) in [7, 11) is 0. The van der Waals surface area contributed by atoms with Crippen molar-refractivity contribution in [3.05, 3.63) is 29.3 Å². The van der Waals surface area contributed by atoms with Gasteiger partial charge in [0, 0.05) is 17.1 Å². The Morgan fingerprint density at radius 2 is 1.94 bits per heavy atom. The van der Waals surface area contributed by atoms with E-state index in [1.807, 2.05) is 6.07 Å². The van der Waals surface area contributed by atoms with Crippen molar-refractivity contribution in [2.75, 3.05) is 12.4 Å². The lowest BCUT2D eigenvalue weighted by molar-refractivity contribution is 0.322. The summed E-state index contributed by atoms with van der Waals surface area (Å²) in [6, 6.07) is 5.78. The number of benzene rings is 1. The monoisotopic (exact) mass is 240 g/mol. The third kappa shape index (κ3) is 3.72. The standard InChI is InChI=1S/C13H20O2S/c1-13(2,3)11-4-5-12(15)10(8-11)9-16-7-6-14/h4-5,8,14-15H,6-7,9H2,1-3H3. The van der Waals surface area contributed by atoms with Gasteiger partial charge in [0.05, 0.1) is 6.61 Å². The molecule has 0 aliphatic rings. The molecule has 1 aromatic rings. The van der Waals surface area contributed by atoms with Crippen LogP contribution in [0.5, 0.6) is 5.75 Å².